The van der Waals surface area contributed by atoms with Gasteiger partial charge in [0.1, 0.15) is 5.60 Å². The molecule has 1 aliphatic rings. The maximum atomic E-state index is 12.6. The van der Waals surface area contributed by atoms with Gasteiger partial charge in [-0.2, -0.15) is 13.7 Å². The standard InChI is InChI=1S/C13H21FN2O4S/c1-12(2,3)20-11(17)16-7-4-13(10-15,5-8-16)6-9-21(14,18)19/h4-9H2,1-3H3. The van der Waals surface area contributed by atoms with E-state index in [9.17, 15) is 22.4 Å². The number of carbonyl (C=O) groups excluding carboxylic acids is 1. The fourth-order valence-corrected chi connectivity index (χ4v) is 2.81. The summed E-state index contributed by atoms with van der Waals surface area (Å²) in [5.74, 6) is -0.660. The fraction of sp³-hybridized carbons (Fsp3) is 0.846. The molecule has 1 amide bonds. The molecular weight excluding hydrogens is 299 g/mol. The molecule has 0 aromatic heterocycles. The number of piperidine rings is 1. The van der Waals surface area contributed by atoms with E-state index in [4.69, 9.17) is 4.74 Å². The van der Waals surface area contributed by atoms with Gasteiger partial charge in [-0.05, 0) is 40.0 Å². The topological polar surface area (TPSA) is 87.5 Å². The number of amides is 1. The van der Waals surface area contributed by atoms with Crippen LogP contribution in [0.1, 0.15) is 40.0 Å². The third kappa shape index (κ3) is 5.87. The zero-order valence-corrected chi connectivity index (χ0v) is 13.4. The van der Waals surface area contributed by atoms with Crippen molar-refractivity contribution in [2.24, 2.45) is 5.41 Å². The van der Waals surface area contributed by atoms with Crippen LogP contribution >= 0.6 is 0 Å². The van der Waals surface area contributed by atoms with Gasteiger partial charge in [-0.25, -0.2) is 4.79 Å². The normalized spacial score (nSPS) is 18.9. The minimum atomic E-state index is -4.58. The summed E-state index contributed by atoms with van der Waals surface area (Å²) in [6.45, 7) is 5.89. The molecule has 1 fully saturated rings. The number of nitriles is 1. The zero-order chi connectivity index (χ0) is 16.3. The second-order valence-corrected chi connectivity index (χ2v) is 7.84. The lowest BCUT2D eigenvalue weighted by atomic mass is 9.77. The quantitative estimate of drug-likeness (QED) is 0.744. The van der Waals surface area contributed by atoms with Crippen LogP contribution in [0.2, 0.25) is 0 Å². The molecule has 0 radical (unpaired) electrons. The van der Waals surface area contributed by atoms with Crippen molar-refractivity contribution in [3.05, 3.63) is 0 Å². The Labute approximate surface area is 125 Å². The van der Waals surface area contributed by atoms with Gasteiger partial charge < -0.3 is 9.64 Å². The molecule has 0 bridgehead atoms. The summed E-state index contributed by atoms with van der Waals surface area (Å²) in [5, 5.41) is 9.25. The van der Waals surface area contributed by atoms with Gasteiger partial charge in [0.15, 0.2) is 0 Å². The Balaban J connectivity index is 2.60. The first-order valence-corrected chi connectivity index (χ1v) is 8.33. The first-order valence-electron chi connectivity index (χ1n) is 6.78. The molecule has 120 valence electrons. The largest absolute Gasteiger partial charge is 0.444 e. The molecule has 1 heterocycles. The average Bonchev–Trinajstić information content (AvgIpc) is 2.34. The fourth-order valence-electron chi connectivity index (χ4n) is 2.18. The van der Waals surface area contributed by atoms with Crippen LogP contribution in [0.3, 0.4) is 0 Å². The molecule has 1 rings (SSSR count). The second-order valence-electron chi connectivity index (χ2n) is 6.35. The second kappa shape index (κ2) is 6.18. The molecule has 0 atom stereocenters. The van der Waals surface area contributed by atoms with Gasteiger partial charge in [-0.15, -0.1) is 3.89 Å². The van der Waals surface area contributed by atoms with Crippen LogP contribution in [-0.4, -0.2) is 43.9 Å². The molecule has 0 N–H and O–H groups in total. The molecule has 0 aromatic carbocycles. The SMILES string of the molecule is CC(C)(C)OC(=O)N1CCC(C#N)(CCS(=O)(=O)F)CC1. The monoisotopic (exact) mass is 320 g/mol. The predicted octanol–water partition coefficient (Wildman–Crippen LogP) is 2.22. The first kappa shape index (κ1) is 17.7. The minimum Gasteiger partial charge on any atom is -0.444 e. The maximum absolute atomic E-state index is 12.6. The smallest absolute Gasteiger partial charge is 0.410 e. The molecule has 0 aromatic rings. The number of ether oxygens (including phenoxy) is 1. The highest BCUT2D eigenvalue weighted by molar-refractivity contribution is 7.86. The Hall–Kier alpha value is -1.36. The summed E-state index contributed by atoms with van der Waals surface area (Å²) in [5.41, 5.74) is -1.49. The van der Waals surface area contributed by atoms with Crippen LogP contribution in [0.15, 0.2) is 0 Å². The summed E-state index contributed by atoms with van der Waals surface area (Å²) in [7, 11) is -4.58. The molecule has 0 saturated carbocycles. The van der Waals surface area contributed by atoms with Gasteiger partial charge in [-0.3, -0.25) is 0 Å². The van der Waals surface area contributed by atoms with E-state index in [1.54, 1.807) is 20.8 Å². The van der Waals surface area contributed by atoms with E-state index >= 15 is 0 Å². The van der Waals surface area contributed by atoms with Crippen LogP contribution in [0.5, 0.6) is 0 Å². The van der Waals surface area contributed by atoms with E-state index in [-0.39, 0.29) is 6.42 Å². The van der Waals surface area contributed by atoms with Gasteiger partial charge in [0, 0.05) is 13.1 Å². The van der Waals surface area contributed by atoms with Crippen LogP contribution in [-0.2, 0) is 15.0 Å². The molecule has 0 unspecified atom stereocenters. The van der Waals surface area contributed by atoms with Crippen molar-refractivity contribution < 1.29 is 21.8 Å². The van der Waals surface area contributed by atoms with Gasteiger partial charge >= 0.3 is 16.3 Å². The van der Waals surface area contributed by atoms with Crippen LogP contribution in [0, 0.1) is 16.7 Å². The lowest BCUT2D eigenvalue weighted by Gasteiger charge is -2.37. The molecule has 0 spiro atoms. The number of hydrogen-bond acceptors (Lipinski definition) is 5. The van der Waals surface area contributed by atoms with Gasteiger partial charge in [0.05, 0.1) is 17.2 Å². The zero-order valence-electron chi connectivity index (χ0n) is 12.6. The Morgan fingerprint density at radius 3 is 2.29 bits per heavy atom. The lowest BCUT2D eigenvalue weighted by molar-refractivity contribution is 0.0146. The number of likely N-dealkylation sites (tertiary alicyclic amines) is 1. The van der Waals surface area contributed by atoms with Crippen molar-refractivity contribution in [1.29, 1.82) is 5.26 Å². The highest BCUT2D eigenvalue weighted by atomic mass is 32.3. The molecule has 21 heavy (non-hydrogen) atoms. The van der Waals surface area contributed by atoms with Crippen LogP contribution in [0.25, 0.3) is 0 Å². The highest BCUT2D eigenvalue weighted by Gasteiger charge is 2.38. The van der Waals surface area contributed by atoms with Gasteiger partial charge in [0.25, 0.3) is 0 Å². The molecule has 6 nitrogen and oxygen atoms in total. The van der Waals surface area contributed by atoms with Crippen LogP contribution < -0.4 is 0 Å². The minimum absolute atomic E-state index is 0.0511. The first-order chi connectivity index (χ1) is 9.46. The summed E-state index contributed by atoms with van der Waals surface area (Å²) in [4.78, 5) is 13.4. The summed E-state index contributed by atoms with van der Waals surface area (Å²) in [6.07, 6.45) is 0.133. The van der Waals surface area contributed by atoms with E-state index in [2.05, 4.69) is 6.07 Å². The van der Waals surface area contributed by atoms with Crippen molar-refractivity contribution >= 4 is 16.3 Å². The summed E-state index contributed by atoms with van der Waals surface area (Å²) >= 11 is 0. The Morgan fingerprint density at radius 2 is 1.90 bits per heavy atom. The molecule has 1 saturated heterocycles. The molecule has 8 heteroatoms. The van der Waals surface area contributed by atoms with E-state index in [1.807, 2.05) is 0 Å². The third-order valence-corrected chi connectivity index (χ3v) is 4.13. The summed E-state index contributed by atoms with van der Waals surface area (Å²) in [6, 6.07) is 2.09. The number of hydrogen-bond donors (Lipinski definition) is 0. The van der Waals surface area contributed by atoms with E-state index in [0.717, 1.165) is 0 Å². The molecule has 0 aliphatic carbocycles. The number of nitrogens with zero attached hydrogens (tertiary/aromatic N) is 2. The van der Waals surface area contributed by atoms with Crippen molar-refractivity contribution in [3.8, 4) is 6.07 Å². The van der Waals surface area contributed by atoms with E-state index in [0.29, 0.717) is 25.9 Å². The number of halogens is 1. The average molecular weight is 320 g/mol. The third-order valence-electron chi connectivity index (χ3n) is 3.43. The maximum Gasteiger partial charge on any atom is 0.410 e. The van der Waals surface area contributed by atoms with Crippen molar-refractivity contribution in [2.45, 2.75) is 45.6 Å². The van der Waals surface area contributed by atoms with Gasteiger partial charge in [0.2, 0.25) is 0 Å². The predicted molar refractivity (Wildman–Crippen MR) is 74.6 cm³/mol. The highest BCUT2D eigenvalue weighted by Crippen LogP contribution is 2.35. The molecular formula is C13H21FN2O4S. The Bertz CT molecular complexity index is 525. The van der Waals surface area contributed by atoms with E-state index in [1.165, 1.54) is 4.90 Å². The number of carbonyl (C=O) groups is 1. The van der Waals surface area contributed by atoms with Crippen LogP contribution in [0.4, 0.5) is 8.68 Å². The van der Waals surface area contributed by atoms with Crippen molar-refractivity contribution in [2.75, 3.05) is 18.8 Å². The van der Waals surface area contributed by atoms with Crippen molar-refractivity contribution in [3.63, 3.8) is 0 Å². The number of rotatable bonds is 3. The lowest BCUT2D eigenvalue weighted by Crippen LogP contribution is -2.45. The van der Waals surface area contributed by atoms with Crippen molar-refractivity contribution in [1.82, 2.24) is 4.90 Å². The molecule has 1 aliphatic heterocycles. The summed E-state index contributed by atoms with van der Waals surface area (Å²) < 4.78 is 39.1. The van der Waals surface area contributed by atoms with Gasteiger partial charge in [-0.1, -0.05) is 0 Å². The Morgan fingerprint density at radius 1 is 1.38 bits per heavy atom. The Kier molecular flexibility index (Phi) is 5.20. The van der Waals surface area contributed by atoms with E-state index < -0.39 is 33.1 Å².